The van der Waals surface area contributed by atoms with E-state index in [1.807, 2.05) is 66.7 Å². The van der Waals surface area contributed by atoms with E-state index in [0.29, 0.717) is 18.9 Å². The lowest BCUT2D eigenvalue weighted by Gasteiger charge is -2.20. The first-order chi connectivity index (χ1) is 14.2. The first-order valence-electron chi connectivity index (χ1n) is 9.95. The molecule has 3 aromatic carbocycles. The molecule has 4 nitrogen and oxygen atoms in total. The van der Waals surface area contributed by atoms with Gasteiger partial charge in [-0.1, -0.05) is 60.7 Å². The molecule has 3 rings (SSSR count). The minimum absolute atomic E-state index is 0.232. The molecule has 0 amide bonds. The number of hydrogen-bond acceptors (Lipinski definition) is 4. The quantitative estimate of drug-likeness (QED) is 0.533. The normalized spacial score (nSPS) is 12.9. The summed E-state index contributed by atoms with van der Waals surface area (Å²) < 4.78 is 11.2. The third-order valence-electron chi connectivity index (χ3n) is 4.88. The van der Waals surface area contributed by atoms with Crippen LogP contribution in [0.5, 0.6) is 11.5 Å². The molecule has 2 unspecified atom stereocenters. The van der Waals surface area contributed by atoms with E-state index in [0.717, 1.165) is 23.3 Å². The molecule has 3 aromatic rings. The van der Waals surface area contributed by atoms with Crippen molar-refractivity contribution in [1.29, 1.82) is 0 Å². The zero-order valence-electron chi connectivity index (χ0n) is 17.0. The van der Waals surface area contributed by atoms with Crippen molar-refractivity contribution < 1.29 is 14.6 Å². The lowest BCUT2D eigenvalue weighted by atomic mass is 10.1. The summed E-state index contributed by atoms with van der Waals surface area (Å²) in [6.07, 6.45) is 0.239. The Labute approximate surface area is 173 Å². The SMILES string of the molecule is COc1ccc(CC(C)NCC(O)c2ccccc2OCc2ccccc2)cc1. The molecule has 0 heterocycles. The second kappa shape index (κ2) is 10.6. The lowest BCUT2D eigenvalue weighted by Crippen LogP contribution is -2.32. The predicted molar refractivity (Wildman–Crippen MR) is 116 cm³/mol. The van der Waals surface area contributed by atoms with Crippen molar-refractivity contribution in [2.24, 2.45) is 0 Å². The van der Waals surface area contributed by atoms with Gasteiger partial charge in [0.1, 0.15) is 18.1 Å². The molecule has 0 spiro atoms. The molecule has 0 radical (unpaired) electrons. The van der Waals surface area contributed by atoms with Crippen LogP contribution in [-0.2, 0) is 13.0 Å². The van der Waals surface area contributed by atoms with E-state index < -0.39 is 6.10 Å². The van der Waals surface area contributed by atoms with E-state index in [1.54, 1.807) is 7.11 Å². The van der Waals surface area contributed by atoms with Crippen molar-refractivity contribution in [3.63, 3.8) is 0 Å². The van der Waals surface area contributed by atoms with Gasteiger partial charge in [-0.3, -0.25) is 0 Å². The number of aliphatic hydroxyl groups is 1. The zero-order valence-corrected chi connectivity index (χ0v) is 17.0. The Morgan fingerprint density at radius 3 is 2.28 bits per heavy atom. The largest absolute Gasteiger partial charge is 0.497 e. The Balaban J connectivity index is 1.53. The topological polar surface area (TPSA) is 50.7 Å². The van der Waals surface area contributed by atoms with Gasteiger partial charge in [-0.05, 0) is 42.7 Å². The molecule has 4 heteroatoms. The van der Waals surface area contributed by atoms with Crippen LogP contribution in [-0.4, -0.2) is 24.8 Å². The summed E-state index contributed by atoms with van der Waals surface area (Å²) in [5, 5.41) is 14.1. The summed E-state index contributed by atoms with van der Waals surface area (Å²) in [4.78, 5) is 0. The molecule has 29 heavy (non-hydrogen) atoms. The maximum atomic E-state index is 10.7. The van der Waals surface area contributed by atoms with Gasteiger partial charge in [0.05, 0.1) is 13.2 Å². The minimum atomic E-state index is -0.639. The Hall–Kier alpha value is -2.82. The highest BCUT2D eigenvalue weighted by atomic mass is 16.5. The fourth-order valence-electron chi connectivity index (χ4n) is 3.23. The van der Waals surface area contributed by atoms with Gasteiger partial charge in [0.25, 0.3) is 0 Å². The van der Waals surface area contributed by atoms with Gasteiger partial charge < -0.3 is 19.9 Å². The van der Waals surface area contributed by atoms with Crippen LogP contribution in [0.2, 0.25) is 0 Å². The smallest absolute Gasteiger partial charge is 0.125 e. The van der Waals surface area contributed by atoms with Gasteiger partial charge in [0.15, 0.2) is 0 Å². The average molecular weight is 392 g/mol. The number of rotatable bonds is 10. The van der Waals surface area contributed by atoms with Crippen molar-refractivity contribution >= 4 is 0 Å². The van der Waals surface area contributed by atoms with Crippen molar-refractivity contribution in [1.82, 2.24) is 5.32 Å². The Morgan fingerprint density at radius 2 is 1.55 bits per heavy atom. The van der Waals surface area contributed by atoms with Gasteiger partial charge in [-0.15, -0.1) is 0 Å². The monoisotopic (exact) mass is 391 g/mol. The highest BCUT2D eigenvalue weighted by Gasteiger charge is 2.14. The van der Waals surface area contributed by atoms with E-state index in [4.69, 9.17) is 9.47 Å². The second-order valence-corrected chi connectivity index (χ2v) is 7.19. The summed E-state index contributed by atoms with van der Waals surface area (Å²) in [6.45, 7) is 3.06. The number of methoxy groups -OCH3 is 1. The number of aliphatic hydroxyl groups excluding tert-OH is 1. The Bertz CT molecular complexity index is 865. The van der Waals surface area contributed by atoms with Crippen LogP contribution >= 0.6 is 0 Å². The van der Waals surface area contributed by atoms with Crippen molar-refractivity contribution in [3.05, 3.63) is 95.6 Å². The summed E-state index contributed by atoms with van der Waals surface area (Å²) in [5.74, 6) is 1.57. The van der Waals surface area contributed by atoms with Gasteiger partial charge in [-0.2, -0.15) is 0 Å². The predicted octanol–water partition coefficient (Wildman–Crippen LogP) is 4.53. The lowest BCUT2D eigenvalue weighted by molar-refractivity contribution is 0.163. The van der Waals surface area contributed by atoms with Crippen LogP contribution in [0, 0.1) is 0 Å². The number of para-hydroxylation sites is 1. The minimum Gasteiger partial charge on any atom is -0.497 e. The van der Waals surface area contributed by atoms with Crippen LogP contribution in [0.1, 0.15) is 29.7 Å². The van der Waals surface area contributed by atoms with E-state index in [2.05, 4.69) is 24.4 Å². The van der Waals surface area contributed by atoms with Gasteiger partial charge >= 0.3 is 0 Å². The first-order valence-corrected chi connectivity index (χ1v) is 9.95. The molecule has 0 fully saturated rings. The third-order valence-corrected chi connectivity index (χ3v) is 4.88. The van der Waals surface area contributed by atoms with E-state index in [-0.39, 0.29) is 6.04 Å². The van der Waals surface area contributed by atoms with Crippen LogP contribution in [0.3, 0.4) is 0 Å². The summed E-state index contributed by atoms with van der Waals surface area (Å²) in [5.41, 5.74) is 3.13. The fourth-order valence-corrected chi connectivity index (χ4v) is 3.23. The summed E-state index contributed by atoms with van der Waals surface area (Å²) >= 11 is 0. The van der Waals surface area contributed by atoms with Crippen molar-refractivity contribution in [2.45, 2.75) is 32.1 Å². The van der Waals surface area contributed by atoms with Gasteiger partial charge in [0, 0.05) is 18.2 Å². The zero-order chi connectivity index (χ0) is 20.5. The van der Waals surface area contributed by atoms with Crippen LogP contribution in [0.4, 0.5) is 0 Å². The summed E-state index contributed by atoms with van der Waals surface area (Å²) in [6, 6.07) is 26.0. The average Bonchev–Trinajstić information content (AvgIpc) is 2.77. The third kappa shape index (κ3) is 6.34. The number of nitrogens with one attached hydrogen (secondary N) is 1. The Kier molecular flexibility index (Phi) is 7.68. The van der Waals surface area contributed by atoms with Crippen LogP contribution < -0.4 is 14.8 Å². The molecule has 0 aliphatic rings. The molecule has 0 aliphatic heterocycles. The van der Waals surface area contributed by atoms with Crippen molar-refractivity contribution in [3.8, 4) is 11.5 Å². The second-order valence-electron chi connectivity index (χ2n) is 7.19. The number of hydrogen-bond donors (Lipinski definition) is 2. The number of ether oxygens (including phenoxy) is 2. The molecule has 0 saturated heterocycles. The standard InChI is InChI=1S/C25H29NO3/c1-19(16-20-12-14-22(28-2)15-13-20)26-17-24(27)23-10-6-7-11-25(23)29-18-21-8-4-3-5-9-21/h3-15,19,24,26-27H,16-18H2,1-2H3. The van der Waals surface area contributed by atoms with Gasteiger partial charge in [-0.25, -0.2) is 0 Å². The maximum Gasteiger partial charge on any atom is 0.125 e. The maximum absolute atomic E-state index is 10.7. The molecule has 0 aromatic heterocycles. The fraction of sp³-hybridized carbons (Fsp3) is 0.280. The summed E-state index contributed by atoms with van der Waals surface area (Å²) in [7, 11) is 1.67. The van der Waals surface area contributed by atoms with Gasteiger partial charge in [0.2, 0.25) is 0 Å². The van der Waals surface area contributed by atoms with Crippen LogP contribution in [0.25, 0.3) is 0 Å². The Morgan fingerprint density at radius 1 is 0.862 bits per heavy atom. The highest BCUT2D eigenvalue weighted by molar-refractivity contribution is 5.35. The first kappa shape index (κ1) is 20.9. The molecular weight excluding hydrogens is 362 g/mol. The molecule has 152 valence electrons. The molecule has 2 N–H and O–H groups in total. The van der Waals surface area contributed by atoms with E-state index >= 15 is 0 Å². The molecule has 2 atom stereocenters. The highest BCUT2D eigenvalue weighted by Crippen LogP contribution is 2.25. The van der Waals surface area contributed by atoms with E-state index in [1.165, 1.54) is 5.56 Å². The van der Waals surface area contributed by atoms with Crippen LogP contribution in [0.15, 0.2) is 78.9 Å². The van der Waals surface area contributed by atoms with Crippen molar-refractivity contribution in [2.75, 3.05) is 13.7 Å². The van der Waals surface area contributed by atoms with E-state index in [9.17, 15) is 5.11 Å². The molecule has 0 bridgehead atoms. The molecular formula is C25H29NO3. The molecule has 0 saturated carbocycles. The molecule has 0 aliphatic carbocycles. The number of benzene rings is 3.